The highest BCUT2D eigenvalue weighted by Crippen LogP contribution is 2.34. The van der Waals surface area contributed by atoms with Gasteiger partial charge in [-0.3, -0.25) is 9.36 Å². The molecule has 1 aliphatic heterocycles. The van der Waals surface area contributed by atoms with Gasteiger partial charge >= 0.3 is 0 Å². The van der Waals surface area contributed by atoms with Gasteiger partial charge in [0.25, 0.3) is 0 Å². The second kappa shape index (κ2) is 9.59. The molecule has 170 valence electrons. The van der Waals surface area contributed by atoms with Gasteiger partial charge in [0.1, 0.15) is 11.1 Å². The Kier molecular flexibility index (Phi) is 6.20. The summed E-state index contributed by atoms with van der Waals surface area (Å²) in [7, 11) is 0. The van der Waals surface area contributed by atoms with Gasteiger partial charge < -0.3 is 14.8 Å². The van der Waals surface area contributed by atoms with Gasteiger partial charge in [0.05, 0.1) is 17.4 Å². The SMILES string of the molecule is CC(Sc1nnc(-c2ccccc2)n1Cc1ccc2c(c1)OCO2)C(=O)Nc1sccc1C#N. The van der Waals surface area contributed by atoms with Crippen LogP contribution >= 0.6 is 23.1 Å². The van der Waals surface area contributed by atoms with Crippen molar-refractivity contribution < 1.29 is 14.3 Å². The van der Waals surface area contributed by atoms with Crippen molar-refractivity contribution in [2.45, 2.75) is 23.9 Å². The molecule has 34 heavy (non-hydrogen) atoms. The molecule has 2 aromatic carbocycles. The maximum atomic E-state index is 12.8. The lowest BCUT2D eigenvalue weighted by molar-refractivity contribution is -0.115. The third kappa shape index (κ3) is 4.48. The van der Waals surface area contributed by atoms with E-state index in [-0.39, 0.29) is 12.7 Å². The number of nitrogens with zero attached hydrogens (tertiary/aromatic N) is 4. The molecule has 5 rings (SSSR count). The number of benzene rings is 2. The number of anilines is 1. The number of fused-ring (bicyclic) bond motifs is 1. The van der Waals surface area contributed by atoms with Crippen molar-refractivity contribution >= 4 is 34.0 Å². The zero-order valence-corrected chi connectivity index (χ0v) is 19.7. The van der Waals surface area contributed by atoms with Crippen molar-refractivity contribution in [3.05, 3.63) is 71.1 Å². The third-order valence-corrected chi connectivity index (χ3v) is 7.11. The Bertz CT molecular complexity index is 1380. The minimum atomic E-state index is -0.461. The molecule has 2 aromatic heterocycles. The van der Waals surface area contributed by atoms with Crippen LogP contribution in [0.4, 0.5) is 5.00 Å². The van der Waals surface area contributed by atoms with Crippen LogP contribution in [0.5, 0.6) is 11.5 Å². The van der Waals surface area contributed by atoms with Crippen LogP contribution in [-0.4, -0.2) is 32.7 Å². The van der Waals surface area contributed by atoms with Crippen LogP contribution in [0, 0.1) is 11.3 Å². The average Bonchev–Trinajstić information content (AvgIpc) is 3.60. The van der Waals surface area contributed by atoms with Crippen LogP contribution in [-0.2, 0) is 11.3 Å². The summed E-state index contributed by atoms with van der Waals surface area (Å²) >= 11 is 2.64. The molecule has 1 N–H and O–H groups in total. The Morgan fingerprint density at radius 3 is 2.85 bits per heavy atom. The van der Waals surface area contributed by atoms with Crippen LogP contribution in [0.25, 0.3) is 11.4 Å². The Hall–Kier alpha value is -3.81. The highest BCUT2D eigenvalue weighted by atomic mass is 32.2. The second-order valence-corrected chi connectivity index (χ2v) is 9.69. The first-order valence-corrected chi connectivity index (χ1v) is 12.2. The predicted octanol–water partition coefficient (Wildman–Crippen LogP) is 4.77. The molecular formula is C24H19N5O3S2. The molecule has 4 aromatic rings. The monoisotopic (exact) mass is 489 g/mol. The fraction of sp³-hybridized carbons (Fsp3) is 0.167. The van der Waals surface area contributed by atoms with Crippen molar-refractivity contribution in [3.8, 4) is 29.0 Å². The molecule has 1 unspecified atom stereocenters. The number of nitriles is 1. The molecule has 1 atom stereocenters. The standard InChI is InChI=1S/C24H19N5O3S2/c1-15(22(30)26-23-18(12-25)9-10-33-23)34-24-28-27-21(17-5-3-2-4-6-17)29(24)13-16-7-8-19-20(11-16)32-14-31-19/h2-11,15H,13-14H2,1H3,(H,26,30). The van der Waals surface area contributed by atoms with Crippen LogP contribution in [0.2, 0.25) is 0 Å². The molecule has 0 fully saturated rings. The van der Waals surface area contributed by atoms with E-state index in [2.05, 4.69) is 21.6 Å². The number of aromatic nitrogens is 3. The zero-order chi connectivity index (χ0) is 23.5. The summed E-state index contributed by atoms with van der Waals surface area (Å²) in [5, 5.41) is 23.4. The van der Waals surface area contributed by atoms with Gasteiger partial charge in [0.15, 0.2) is 22.5 Å². The van der Waals surface area contributed by atoms with E-state index >= 15 is 0 Å². The minimum Gasteiger partial charge on any atom is -0.454 e. The first-order valence-electron chi connectivity index (χ1n) is 10.4. The number of carbonyl (C=O) groups is 1. The predicted molar refractivity (Wildman–Crippen MR) is 130 cm³/mol. The summed E-state index contributed by atoms with van der Waals surface area (Å²) in [5.41, 5.74) is 2.38. The molecule has 0 bridgehead atoms. The van der Waals surface area contributed by atoms with Crippen LogP contribution in [0.1, 0.15) is 18.1 Å². The summed E-state index contributed by atoms with van der Waals surface area (Å²) < 4.78 is 12.9. The average molecular weight is 490 g/mol. The number of carbonyl (C=O) groups excluding carboxylic acids is 1. The fourth-order valence-corrected chi connectivity index (χ4v) is 5.05. The summed E-state index contributed by atoms with van der Waals surface area (Å²) in [6, 6.07) is 19.4. The van der Waals surface area contributed by atoms with Gasteiger partial charge in [-0.1, -0.05) is 48.2 Å². The molecule has 1 amide bonds. The van der Waals surface area contributed by atoms with Gasteiger partial charge in [-0.2, -0.15) is 5.26 Å². The number of nitrogens with one attached hydrogen (secondary N) is 1. The summed E-state index contributed by atoms with van der Waals surface area (Å²) in [4.78, 5) is 12.8. The number of hydrogen-bond donors (Lipinski definition) is 1. The van der Waals surface area contributed by atoms with Gasteiger partial charge in [-0.05, 0) is 36.1 Å². The number of rotatable bonds is 7. The van der Waals surface area contributed by atoms with Crippen molar-refractivity contribution in [1.29, 1.82) is 5.26 Å². The minimum absolute atomic E-state index is 0.206. The lowest BCUT2D eigenvalue weighted by Gasteiger charge is -2.14. The quantitative estimate of drug-likeness (QED) is 0.373. The smallest absolute Gasteiger partial charge is 0.238 e. The highest BCUT2D eigenvalue weighted by molar-refractivity contribution is 8.00. The number of thiophene rings is 1. The van der Waals surface area contributed by atoms with Crippen LogP contribution in [0.3, 0.4) is 0 Å². The molecule has 1 aliphatic rings. The number of ether oxygens (including phenoxy) is 2. The van der Waals surface area contributed by atoms with Crippen LogP contribution in [0.15, 0.2) is 65.1 Å². The first-order chi connectivity index (χ1) is 16.6. The Labute approximate surface area is 204 Å². The van der Waals surface area contributed by atoms with Gasteiger partial charge in [-0.15, -0.1) is 21.5 Å². The van der Waals surface area contributed by atoms with Gasteiger partial charge in [-0.25, -0.2) is 0 Å². The maximum Gasteiger partial charge on any atom is 0.238 e. The first kappa shape index (κ1) is 22.0. The van der Waals surface area contributed by atoms with Crippen molar-refractivity contribution in [3.63, 3.8) is 0 Å². The van der Waals surface area contributed by atoms with Gasteiger partial charge in [0.2, 0.25) is 12.7 Å². The summed E-state index contributed by atoms with van der Waals surface area (Å²) in [6.07, 6.45) is 0. The Balaban J connectivity index is 1.42. The highest BCUT2D eigenvalue weighted by Gasteiger charge is 2.23. The van der Waals surface area contributed by atoms with E-state index in [1.54, 1.807) is 18.4 Å². The van der Waals surface area contributed by atoms with E-state index in [0.717, 1.165) is 16.9 Å². The van der Waals surface area contributed by atoms with Crippen molar-refractivity contribution in [1.82, 2.24) is 14.8 Å². The molecule has 10 heteroatoms. The van der Waals surface area contributed by atoms with E-state index in [1.165, 1.54) is 23.1 Å². The number of amides is 1. The van der Waals surface area contributed by atoms with E-state index in [9.17, 15) is 10.1 Å². The largest absolute Gasteiger partial charge is 0.454 e. The Morgan fingerprint density at radius 1 is 1.21 bits per heavy atom. The lowest BCUT2D eigenvalue weighted by atomic mass is 10.2. The molecule has 0 saturated carbocycles. The van der Waals surface area contributed by atoms with Crippen LogP contribution < -0.4 is 14.8 Å². The van der Waals surface area contributed by atoms with E-state index in [0.29, 0.717) is 33.8 Å². The molecule has 0 spiro atoms. The molecule has 0 radical (unpaired) electrons. The summed E-state index contributed by atoms with van der Waals surface area (Å²) in [6.45, 7) is 2.52. The van der Waals surface area contributed by atoms with E-state index < -0.39 is 5.25 Å². The lowest BCUT2D eigenvalue weighted by Crippen LogP contribution is -2.23. The normalized spacial score (nSPS) is 12.8. The van der Waals surface area contributed by atoms with E-state index in [1.807, 2.05) is 53.1 Å². The third-order valence-electron chi connectivity index (χ3n) is 5.20. The van der Waals surface area contributed by atoms with Crippen molar-refractivity contribution in [2.24, 2.45) is 0 Å². The topological polar surface area (TPSA) is 102 Å². The number of hydrogen-bond acceptors (Lipinski definition) is 8. The second-order valence-electron chi connectivity index (χ2n) is 7.47. The zero-order valence-electron chi connectivity index (χ0n) is 18.1. The molecular weight excluding hydrogens is 470 g/mol. The molecule has 0 saturated heterocycles. The summed E-state index contributed by atoms with van der Waals surface area (Å²) in [5.74, 6) is 1.93. The number of thioether (sulfide) groups is 1. The maximum absolute atomic E-state index is 12.8. The van der Waals surface area contributed by atoms with Crippen molar-refractivity contribution in [2.75, 3.05) is 12.1 Å². The fourth-order valence-electron chi connectivity index (χ4n) is 3.46. The molecule has 3 heterocycles. The molecule has 0 aliphatic carbocycles. The van der Waals surface area contributed by atoms with E-state index in [4.69, 9.17) is 9.47 Å². The Morgan fingerprint density at radius 2 is 2.03 bits per heavy atom. The van der Waals surface area contributed by atoms with Gasteiger partial charge in [0, 0.05) is 5.56 Å². The molecule has 8 nitrogen and oxygen atoms in total.